The summed E-state index contributed by atoms with van der Waals surface area (Å²) in [5.41, 5.74) is 0. The molecule has 0 aliphatic rings. The average Bonchev–Trinajstić information content (AvgIpc) is 1.64. The van der Waals surface area contributed by atoms with Crippen molar-refractivity contribution >= 4 is 31.9 Å². The van der Waals surface area contributed by atoms with Crippen molar-refractivity contribution in [1.82, 2.24) is 4.98 Å². The summed E-state index contributed by atoms with van der Waals surface area (Å²) in [5.74, 6) is 0. The summed E-state index contributed by atoms with van der Waals surface area (Å²) in [5, 5.41) is 0. The number of aromatic nitrogens is 1. The topological polar surface area (TPSA) is 12.9 Å². The summed E-state index contributed by atoms with van der Waals surface area (Å²) < 4.78 is 1.83. The maximum atomic E-state index is 3.77. The minimum Gasteiger partial charge on any atom is -0.252 e. The molecule has 3 heteroatoms. The molecule has 0 amide bonds. The second kappa shape index (κ2) is 2.60. The number of rotatable bonds is 0. The molecule has 0 N–H and O–H groups in total. The van der Waals surface area contributed by atoms with Crippen molar-refractivity contribution in [3.63, 3.8) is 0 Å². The molecule has 1 nitrogen and oxygen atoms in total. The molecule has 0 saturated carbocycles. The van der Waals surface area contributed by atoms with Crippen LogP contribution in [0.1, 0.15) is 0 Å². The molecule has 1 heterocycles. The highest BCUT2D eigenvalue weighted by atomic mass is 79.9. The van der Waals surface area contributed by atoms with Crippen molar-refractivity contribution in [1.29, 1.82) is 0 Å². The Morgan fingerprint density at radius 1 is 1.50 bits per heavy atom. The Kier molecular flexibility index (Phi) is 2.02. The van der Waals surface area contributed by atoms with Crippen LogP contribution >= 0.6 is 31.9 Å². The van der Waals surface area contributed by atoms with Gasteiger partial charge in [-0.2, -0.15) is 0 Å². The van der Waals surface area contributed by atoms with Crippen LogP contribution in [0.2, 0.25) is 0 Å². The van der Waals surface area contributed by atoms with E-state index in [0.717, 1.165) is 8.95 Å². The van der Waals surface area contributed by atoms with Crippen molar-refractivity contribution in [2.75, 3.05) is 0 Å². The van der Waals surface area contributed by atoms with Crippen LogP contribution in [0.15, 0.2) is 21.2 Å². The van der Waals surface area contributed by atoms with Gasteiger partial charge < -0.3 is 0 Å². The summed E-state index contributed by atoms with van der Waals surface area (Å²) in [7, 11) is 0. The molecule has 1 radical (unpaired) electrons. The van der Waals surface area contributed by atoms with Gasteiger partial charge in [-0.1, -0.05) is 0 Å². The summed E-state index contributed by atoms with van der Waals surface area (Å²) in [6, 6.07) is 1.88. The Morgan fingerprint density at radius 2 is 2.25 bits per heavy atom. The molecule has 8 heavy (non-hydrogen) atoms. The molecule has 0 aliphatic heterocycles. The van der Waals surface area contributed by atoms with E-state index in [1.165, 1.54) is 0 Å². The summed E-state index contributed by atoms with van der Waals surface area (Å²) >= 11 is 6.46. The number of hydrogen-bond acceptors (Lipinski definition) is 1. The smallest absolute Gasteiger partial charge is 0.104 e. The SMILES string of the molecule is Brc1[c]ncc(Br)c1. The average molecular weight is 236 g/mol. The van der Waals surface area contributed by atoms with E-state index < -0.39 is 0 Å². The molecule has 0 aliphatic carbocycles. The highest BCUT2D eigenvalue weighted by molar-refractivity contribution is 9.11. The van der Waals surface area contributed by atoms with Gasteiger partial charge >= 0.3 is 0 Å². The van der Waals surface area contributed by atoms with E-state index in [1.54, 1.807) is 6.20 Å². The maximum absolute atomic E-state index is 3.77. The largest absolute Gasteiger partial charge is 0.252 e. The normalized spacial score (nSPS) is 9.25. The van der Waals surface area contributed by atoms with E-state index in [-0.39, 0.29) is 0 Å². The fourth-order valence-corrected chi connectivity index (χ4v) is 1.33. The summed E-state index contributed by atoms with van der Waals surface area (Å²) in [6.45, 7) is 0. The maximum Gasteiger partial charge on any atom is 0.104 e. The van der Waals surface area contributed by atoms with Crippen molar-refractivity contribution in [2.24, 2.45) is 0 Å². The first-order valence-corrected chi connectivity index (χ1v) is 3.56. The van der Waals surface area contributed by atoms with Gasteiger partial charge in [0.05, 0.1) is 0 Å². The van der Waals surface area contributed by atoms with E-state index in [1.807, 2.05) is 6.07 Å². The Hall–Kier alpha value is 0.110. The molecule has 0 bridgehead atoms. The summed E-state index contributed by atoms with van der Waals surface area (Å²) in [6.07, 6.45) is 4.39. The first-order chi connectivity index (χ1) is 3.79. The molecule has 0 aromatic carbocycles. The molecule has 1 aromatic heterocycles. The van der Waals surface area contributed by atoms with Gasteiger partial charge in [-0.25, -0.2) is 0 Å². The molecule has 0 atom stereocenters. The zero-order valence-corrected chi connectivity index (χ0v) is 7.03. The Bertz CT molecular complexity index is 170. The van der Waals surface area contributed by atoms with Crippen LogP contribution in [-0.4, -0.2) is 4.98 Å². The van der Waals surface area contributed by atoms with Crippen LogP contribution in [0.4, 0.5) is 0 Å². The molecule has 1 rings (SSSR count). The predicted molar refractivity (Wildman–Crippen MR) is 38.5 cm³/mol. The van der Waals surface area contributed by atoms with E-state index >= 15 is 0 Å². The van der Waals surface area contributed by atoms with Crippen molar-refractivity contribution < 1.29 is 0 Å². The molecule has 0 fully saturated rings. The molecule has 0 spiro atoms. The van der Waals surface area contributed by atoms with Gasteiger partial charge in [0.25, 0.3) is 0 Å². The van der Waals surface area contributed by atoms with Gasteiger partial charge in [-0.15, -0.1) is 0 Å². The zero-order chi connectivity index (χ0) is 5.98. The van der Waals surface area contributed by atoms with Crippen LogP contribution in [0.3, 0.4) is 0 Å². The Balaban J connectivity index is 3.08. The third-order valence-electron chi connectivity index (χ3n) is 0.624. The van der Waals surface area contributed by atoms with Gasteiger partial charge in [0.15, 0.2) is 0 Å². The summed E-state index contributed by atoms with van der Waals surface area (Å²) in [4.78, 5) is 3.77. The van der Waals surface area contributed by atoms with Crippen molar-refractivity contribution in [2.45, 2.75) is 0 Å². The fourth-order valence-electron chi connectivity index (χ4n) is 0.346. The first kappa shape index (κ1) is 6.23. The molecule has 41 valence electrons. The highest BCUT2D eigenvalue weighted by Gasteiger charge is 1.86. The lowest BCUT2D eigenvalue weighted by Gasteiger charge is -1.85. The molecule has 0 unspecified atom stereocenters. The van der Waals surface area contributed by atoms with Gasteiger partial charge in [-0.05, 0) is 37.9 Å². The van der Waals surface area contributed by atoms with Crippen LogP contribution in [-0.2, 0) is 0 Å². The number of nitrogens with zero attached hydrogens (tertiary/aromatic N) is 1. The van der Waals surface area contributed by atoms with E-state index in [2.05, 4.69) is 43.0 Å². The number of pyridine rings is 1. The van der Waals surface area contributed by atoms with Crippen LogP contribution < -0.4 is 0 Å². The van der Waals surface area contributed by atoms with Gasteiger partial charge in [0.1, 0.15) is 6.20 Å². The highest BCUT2D eigenvalue weighted by Crippen LogP contribution is 2.12. The third-order valence-corrected chi connectivity index (χ3v) is 1.46. The van der Waals surface area contributed by atoms with E-state index in [0.29, 0.717) is 0 Å². The van der Waals surface area contributed by atoms with Crippen molar-refractivity contribution in [3.8, 4) is 0 Å². The monoisotopic (exact) mass is 234 g/mol. The first-order valence-electron chi connectivity index (χ1n) is 1.98. The predicted octanol–water partition coefficient (Wildman–Crippen LogP) is 2.41. The minimum absolute atomic E-state index is 0.867. The van der Waals surface area contributed by atoms with Crippen LogP contribution in [0.5, 0.6) is 0 Å². The molecular weight excluding hydrogens is 234 g/mol. The second-order valence-electron chi connectivity index (χ2n) is 1.25. The van der Waals surface area contributed by atoms with Crippen LogP contribution in [0.25, 0.3) is 0 Å². The lowest BCUT2D eigenvalue weighted by molar-refractivity contribution is 1.27. The fraction of sp³-hybridized carbons (Fsp3) is 0. The van der Waals surface area contributed by atoms with Gasteiger partial charge in [-0.3, -0.25) is 4.98 Å². The number of halogens is 2. The van der Waals surface area contributed by atoms with E-state index in [4.69, 9.17) is 0 Å². The van der Waals surface area contributed by atoms with Crippen LogP contribution in [0, 0.1) is 6.20 Å². The molecule has 0 saturated heterocycles. The molecular formula is C5H2Br2N. The van der Waals surface area contributed by atoms with Crippen molar-refractivity contribution in [3.05, 3.63) is 27.4 Å². The van der Waals surface area contributed by atoms with Gasteiger partial charge in [0.2, 0.25) is 0 Å². The van der Waals surface area contributed by atoms with Gasteiger partial charge in [0, 0.05) is 15.1 Å². The number of hydrogen-bond donors (Lipinski definition) is 0. The standard InChI is InChI=1S/C5H2Br2N/c6-4-1-5(7)3-8-2-4/h1-2H. The lowest BCUT2D eigenvalue weighted by Crippen LogP contribution is -1.70. The third kappa shape index (κ3) is 1.56. The minimum atomic E-state index is 0.867. The van der Waals surface area contributed by atoms with E-state index in [9.17, 15) is 0 Å². The lowest BCUT2D eigenvalue weighted by atomic mass is 10.5. The quantitative estimate of drug-likeness (QED) is 0.673. The molecule has 1 aromatic rings. The Morgan fingerprint density at radius 3 is 2.62 bits per heavy atom. The second-order valence-corrected chi connectivity index (χ2v) is 3.02. The zero-order valence-electron chi connectivity index (χ0n) is 3.86. The Labute approximate surface area is 64.4 Å².